The summed E-state index contributed by atoms with van der Waals surface area (Å²) in [6.45, 7) is 0.167. The Morgan fingerprint density at radius 2 is 1.81 bits per heavy atom. The first kappa shape index (κ1) is 15.4. The van der Waals surface area contributed by atoms with Crippen LogP contribution < -0.4 is 4.74 Å². The van der Waals surface area contributed by atoms with E-state index in [-0.39, 0.29) is 12.4 Å². The van der Waals surface area contributed by atoms with Crippen molar-refractivity contribution in [3.63, 3.8) is 0 Å². The van der Waals surface area contributed by atoms with Crippen LogP contribution in [0.5, 0.6) is 5.75 Å². The first-order valence-electron chi connectivity index (χ1n) is 6.37. The van der Waals surface area contributed by atoms with E-state index in [2.05, 4.69) is 0 Å². The lowest BCUT2D eigenvalue weighted by atomic mass is 10.2. The number of nitrogens with zero attached hydrogens (tertiary/aromatic N) is 1. The molecule has 0 fully saturated rings. The molecule has 0 saturated carbocycles. The Balaban J connectivity index is 1.75. The molecule has 0 heterocycles. The van der Waals surface area contributed by atoms with E-state index in [1.807, 2.05) is 6.07 Å². The molecule has 0 aromatic heterocycles. The van der Waals surface area contributed by atoms with E-state index in [1.54, 1.807) is 36.4 Å². The number of benzene rings is 2. The van der Waals surface area contributed by atoms with Gasteiger partial charge in [-0.25, -0.2) is 4.39 Å². The molecule has 21 heavy (non-hydrogen) atoms. The summed E-state index contributed by atoms with van der Waals surface area (Å²) in [5, 5.41) is 18.5. The summed E-state index contributed by atoms with van der Waals surface area (Å²) in [6, 6.07) is 14.9. The first-order chi connectivity index (χ1) is 10.2. The van der Waals surface area contributed by atoms with Gasteiger partial charge < -0.3 is 9.84 Å². The third-order valence-corrected chi connectivity index (χ3v) is 3.84. The molecule has 3 nitrogen and oxygen atoms in total. The van der Waals surface area contributed by atoms with E-state index in [1.165, 1.54) is 23.9 Å². The monoisotopic (exact) mass is 303 g/mol. The highest BCUT2D eigenvalue weighted by atomic mass is 32.2. The van der Waals surface area contributed by atoms with E-state index in [0.717, 1.165) is 4.90 Å². The molecular formula is C16H14FNO2S. The molecule has 0 saturated heterocycles. The van der Waals surface area contributed by atoms with Crippen molar-refractivity contribution in [1.29, 1.82) is 5.26 Å². The number of halogens is 1. The molecule has 1 atom stereocenters. The molecule has 0 radical (unpaired) electrons. The van der Waals surface area contributed by atoms with Crippen molar-refractivity contribution in [2.75, 3.05) is 12.4 Å². The van der Waals surface area contributed by atoms with Crippen LogP contribution in [0.4, 0.5) is 4.39 Å². The lowest BCUT2D eigenvalue weighted by Gasteiger charge is -2.12. The highest BCUT2D eigenvalue weighted by Gasteiger charge is 2.07. The fourth-order valence-electron chi connectivity index (χ4n) is 1.59. The Hall–Kier alpha value is -2.03. The molecule has 0 aliphatic rings. The minimum Gasteiger partial charge on any atom is -0.491 e. The zero-order valence-electron chi connectivity index (χ0n) is 11.2. The summed E-state index contributed by atoms with van der Waals surface area (Å²) in [5.41, 5.74) is 0.565. The molecular weight excluding hydrogens is 289 g/mol. The van der Waals surface area contributed by atoms with E-state index in [0.29, 0.717) is 17.1 Å². The molecule has 0 amide bonds. The topological polar surface area (TPSA) is 53.2 Å². The average molecular weight is 303 g/mol. The van der Waals surface area contributed by atoms with E-state index in [9.17, 15) is 9.50 Å². The van der Waals surface area contributed by atoms with Gasteiger partial charge in [0.25, 0.3) is 0 Å². The standard InChI is InChI=1S/C16H14FNO2S/c17-13-3-7-16(8-4-13)21-11-14(19)10-20-15-5-1-12(9-18)2-6-15/h1-8,14,19H,10-11H2. The van der Waals surface area contributed by atoms with E-state index >= 15 is 0 Å². The number of rotatable bonds is 6. The van der Waals surface area contributed by atoms with Crippen LogP contribution in [-0.2, 0) is 0 Å². The van der Waals surface area contributed by atoms with Crippen LogP contribution in [0.2, 0.25) is 0 Å². The van der Waals surface area contributed by atoms with Crippen molar-refractivity contribution < 1.29 is 14.2 Å². The third kappa shape index (κ3) is 5.10. The van der Waals surface area contributed by atoms with Gasteiger partial charge in [-0.2, -0.15) is 5.26 Å². The van der Waals surface area contributed by atoms with Crippen LogP contribution in [0.1, 0.15) is 5.56 Å². The van der Waals surface area contributed by atoms with Crippen molar-refractivity contribution in [3.8, 4) is 11.8 Å². The minimum absolute atomic E-state index is 0.167. The highest BCUT2D eigenvalue weighted by molar-refractivity contribution is 7.99. The number of ether oxygens (including phenoxy) is 1. The largest absolute Gasteiger partial charge is 0.491 e. The second-order valence-corrected chi connectivity index (χ2v) is 5.46. The predicted molar refractivity (Wildman–Crippen MR) is 79.8 cm³/mol. The molecule has 1 N–H and O–H groups in total. The van der Waals surface area contributed by atoms with Gasteiger partial charge in [-0.1, -0.05) is 0 Å². The first-order valence-corrected chi connectivity index (χ1v) is 7.35. The molecule has 0 bridgehead atoms. The SMILES string of the molecule is N#Cc1ccc(OCC(O)CSc2ccc(F)cc2)cc1. The van der Waals surface area contributed by atoms with Gasteiger partial charge in [0, 0.05) is 10.6 Å². The molecule has 2 aromatic rings. The normalized spacial score (nSPS) is 11.7. The fourth-order valence-corrected chi connectivity index (χ4v) is 2.40. The van der Waals surface area contributed by atoms with Crippen LogP contribution >= 0.6 is 11.8 Å². The summed E-state index contributed by atoms with van der Waals surface area (Å²) in [7, 11) is 0. The smallest absolute Gasteiger partial charge is 0.123 e. The van der Waals surface area contributed by atoms with Crippen LogP contribution in [0.25, 0.3) is 0 Å². The Morgan fingerprint density at radius 3 is 2.43 bits per heavy atom. The van der Waals surface area contributed by atoms with Crippen LogP contribution in [0, 0.1) is 17.1 Å². The van der Waals surface area contributed by atoms with Crippen molar-refractivity contribution in [3.05, 3.63) is 59.9 Å². The Morgan fingerprint density at radius 1 is 1.14 bits per heavy atom. The predicted octanol–water partition coefficient (Wildman–Crippen LogP) is 3.23. The quantitative estimate of drug-likeness (QED) is 0.832. The second-order valence-electron chi connectivity index (χ2n) is 4.37. The summed E-state index contributed by atoms with van der Waals surface area (Å²) in [5.74, 6) is 0.797. The Bertz CT molecular complexity index is 608. The van der Waals surface area contributed by atoms with Crippen LogP contribution in [-0.4, -0.2) is 23.6 Å². The highest BCUT2D eigenvalue weighted by Crippen LogP contribution is 2.19. The van der Waals surface area contributed by atoms with Gasteiger partial charge >= 0.3 is 0 Å². The number of aliphatic hydroxyl groups excluding tert-OH is 1. The van der Waals surface area contributed by atoms with Gasteiger partial charge in [-0.05, 0) is 48.5 Å². The minimum atomic E-state index is -0.629. The summed E-state index contributed by atoms with van der Waals surface area (Å²) < 4.78 is 18.2. The number of hydrogen-bond donors (Lipinski definition) is 1. The molecule has 1 unspecified atom stereocenters. The molecule has 2 rings (SSSR count). The van der Waals surface area contributed by atoms with Gasteiger partial charge in [0.15, 0.2) is 0 Å². The number of hydrogen-bond acceptors (Lipinski definition) is 4. The van der Waals surface area contributed by atoms with Gasteiger partial charge in [0.2, 0.25) is 0 Å². The van der Waals surface area contributed by atoms with E-state index < -0.39 is 6.10 Å². The number of aliphatic hydroxyl groups is 1. The molecule has 108 valence electrons. The second kappa shape index (κ2) is 7.67. The zero-order valence-corrected chi connectivity index (χ0v) is 12.0. The number of nitriles is 1. The van der Waals surface area contributed by atoms with Gasteiger partial charge in [0.1, 0.15) is 18.2 Å². The zero-order chi connectivity index (χ0) is 15.1. The van der Waals surface area contributed by atoms with Crippen molar-refractivity contribution in [2.45, 2.75) is 11.0 Å². The van der Waals surface area contributed by atoms with Crippen LogP contribution in [0.3, 0.4) is 0 Å². The maximum Gasteiger partial charge on any atom is 0.123 e. The van der Waals surface area contributed by atoms with Crippen LogP contribution in [0.15, 0.2) is 53.4 Å². The third-order valence-electron chi connectivity index (χ3n) is 2.68. The maximum atomic E-state index is 12.7. The fraction of sp³-hybridized carbons (Fsp3) is 0.188. The summed E-state index contributed by atoms with van der Waals surface area (Å²) in [4.78, 5) is 0.897. The average Bonchev–Trinajstić information content (AvgIpc) is 2.53. The lowest BCUT2D eigenvalue weighted by Crippen LogP contribution is -2.20. The molecule has 5 heteroatoms. The Labute approximate surface area is 127 Å². The van der Waals surface area contributed by atoms with Gasteiger partial charge in [-0.15, -0.1) is 11.8 Å². The van der Waals surface area contributed by atoms with Gasteiger partial charge in [0.05, 0.1) is 17.7 Å². The Kier molecular flexibility index (Phi) is 5.61. The number of thioether (sulfide) groups is 1. The maximum absolute atomic E-state index is 12.7. The van der Waals surface area contributed by atoms with Crippen molar-refractivity contribution >= 4 is 11.8 Å². The molecule has 2 aromatic carbocycles. The summed E-state index contributed by atoms with van der Waals surface area (Å²) >= 11 is 1.44. The molecule has 0 spiro atoms. The van der Waals surface area contributed by atoms with Gasteiger partial charge in [-0.3, -0.25) is 0 Å². The lowest BCUT2D eigenvalue weighted by molar-refractivity contribution is 0.126. The van der Waals surface area contributed by atoms with Crippen molar-refractivity contribution in [1.82, 2.24) is 0 Å². The van der Waals surface area contributed by atoms with E-state index in [4.69, 9.17) is 10.00 Å². The molecule has 0 aliphatic heterocycles. The van der Waals surface area contributed by atoms with Crippen molar-refractivity contribution in [2.24, 2.45) is 0 Å². The molecule has 0 aliphatic carbocycles. The summed E-state index contributed by atoms with van der Waals surface area (Å²) in [6.07, 6.45) is -0.629.